The number of nitrogens with one attached hydrogen (secondary N) is 2. The van der Waals surface area contributed by atoms with E-state index in [0.717, 1.165) is 28.9 Å². The van der Waals surface area contributed by atoms with Crippen LogP contribution in [0.3, 0.4) is 0 Å². The molecular weight excluding hydrogens is 625 g/mol. The summed E-state index contributed by atoms with van der Waals surface area (Å²) in [5.74, 6) is -2.06. The van der Waals surface area contributed by atoms with Crippen molar-refractivity contribution in [3.05, 3.63) is 70.5 Å². The zero-order valence-electron chi connectivity index (χ0n) is 26.8. The van der Waals surface area contributed by atoms with Gasteiger partial charge in [0.25, 0.3) is 0 Å². The van der Waals surface area contributed by atoms with E-state index in [1.54, 1.807) is 25.2 Å². The van der Waals surface area contributed by atoms with Crippen LogP contribution >= 0.6 is 11.6 Å². The van der Waals surface area contributed by atoms with E-state index in [1.807, 2.05) is 31.2 Å². The molecule has 12 heteroatoms. The number of halogens is 2. The minimum absolute atomic E-state index is 0.0186. The van der Waals surface area contributed by atoms with Crippen molar-refractivity contribution in [3.63, 3.8) is 0 Å². The summed E-state index contributed by atoms with van der Waals surface area (Å²) in [5.41, 5.74) is 3.83. The summed E-state index contributed by atoms with van der Waals surface area (Å²) < 4.78 is 21.5. The third kappa shape index (κ3) is 5.82. The van der Waals surface area contributed by atoms with Gasteiger partial charge in [0.2, 0.25) is 17.7 Å². The molecule has 6 rings (SSSR count). The first kappa shape index (κ1) is 32.5. The Balaban J connectivity index is 1.26. The maximum absolute atomic E-state index is 15.8. The Labute approximate surface area is 277 Å². The van der Waals surface area contributed by atoms with E-state index < -0.39 is 35.0 Å². The molecular formula is C35H37ClFN5O5. The van der Waals surface area contributed by atoms with Crippen molar-refractivity contribution in [3.8, 4) is 28.0 Å². The van der Waals surface area contributed by atoms with E-state index in [4.69, 9.17) is 16.3 Å². The van der Waals surface area contributed by atoms with Gasteiger partial charge >= 0.3 is 6.03 Å². The first-order valence-electron chi connectivity index (χ1n) is 15.5. The smallest absolute Gasteiger partial charge is 0.326 e. The quantitative estimate of drug-likeness (QED) is 0.348. The van der Waals surface area contributed by atoms with Crippen LogP contribution in [-0.4, -0.2) is 85.8 Å². The fourth-order valence-corrected chi connectivity index (χ4v) is 7.32. The van der Waals surface area contributed by atoms with Crippen LogP contribution < -0.4 is 15.4 Å². The van der Waals surface area contributed by atoms with Crippen molar-refractivity contribution in [2.75, 3.05) is 52.7 Å². The van der Waals surface area contributed by atoms with Gasteiger partial charge in [0.05, 0.1) is 17.5 Å². The molecule has 2 unspecified atom stereocenters. The minimum Gasteiger partial charge on any atom is -0.496 e. The number of carbonyl (C=O) groups is 4. The highest BCUT2D eigenvalue weighted by molar-refractivity contribution is 6.36. The molecule has 0 aliphatic carbocycles. The van der Waals surface area contributed by atoms with Crippen LogP contribution in [0.4, 0.5) is 14.9 Å². The first-order valence-corrected chi connectivity index (χ1v) is 15.9. The Morgan fingerprint density at radius 3 is 2.53 bits per heavy atom. The van der Waals surface area contributed by atoms with E-state index >= 15 is 4.39 Å². The average molecular weight is 662 g/mol. The largest absolute Gasteiger partial charge is 0.496 e. The predicted molar refractivity (Wildman–Crippen MR) is 176 cm³/mol. The van der Waals surface area contributed by atoms with E-state index in [2.05, 4.69) is 15.5 Å². The minimum atomic E-state index is -1.04. The zero-order chi connectivity index (χ0) is 33.6. The summed E-state index contributed by atoms with van der Waals surface area (Å²) in [6, 6.07) is 13.7. The van der Waals surface area contributed by atoms with Gasteiger partial charge in [-0.05, 0) is 61.2 Å². The van der Waals surface area contributed by atoms with Crippen molar-refractivity contribution in [2.45, 2.75) is 26.3 Å². The van der Waals surface area contributed by atoms with Gasteiger partial charge in [-0.15, -0.1) is 0 Å². The predicted octanol–water partition coefficient (Wildman–Crippen LogP) is 4.92. The van der Waals surface area contributed by atoms with Gasteiger partial charge in [0.1, 0.15) is 17.5 Å². The number of anilines is 1. The second kappa shape index (κ2) is 12.6. The molecule has 3 aliphatic rings. The summed E-state index contributed by atoms with van der Waals surface area (Å²) in [6.45, 7) is 4.11. The highest BCUT2D eigenvalue weighted by Crippen LogP contribution is 2.42. The van der Waals surface area contributed by atoms with Crippen LogP contribution in [0.1, 0.15) is 24.0 Å². The number of rotatable bonds is 7. The molecule has 5 amide bonds. The van der Waals surface area contributed by atoms with Gasteiger partial charge < -0.3 is 20.3 Å². The molecule has 246 valence electrons. The molecule has 3 saturated heterocycles. The lowest BCUT2D eigenvalue weighted by molar-refractivity contribution is -0.140. The molecule has 2 N–H and O–H groups in total. The number of likely N-dealkylation sites (tertiary alicyclic amines) is 1. The number of methoxy groups -OCH3 is 1. The summed E-state index contributed by atoms with van der Waals surface area (Å²) in [6.07, 6.45) is 1.55. The van der Waals surface area contributed by atoms with Crippen molar-refractivity contribution in [1.29, 1.82) is 0 Å². The van der Waals surface area contributed by atoms with Crippen LogP contribution in [0.25, 0.3) is 22.3 Å². The normalized spacial score (nSPS) is 21.5. The Kier molecular flexibility index (Phi) is 8.71. The van der Waals surface area contributed by atoms with Crippen LogP contribution in [-0.2, 0) is 20.9 Å². The number of urea groups is 1. The van der Waals surface area contributed by atoms with E-state index in [1.165, 1.54) is 25.1 Å². The maximum Gasteiger partial charge on any atom is 0.326 e. The lowest BCUT2D eigenvalue weighted by Gasteiger charge is -2.33. The summed E-state index contributed by atoms with van der Waals surface area (Å²) in [7, 11) is 4.41. The molecule has 0 radical (unpaired) electrons. The average Bonchev–Trinajstić information content (AvgIpc) is 3.64. The van der Waals surface area contributed by atoms with Crippen LogP contribution in [0.2, 0.25) is 5.02 Å². The summed E-state index contributed by atoms with van der Waals surface area (Å²) in [5, 5.41) is 6.18. The number of amides is 5. The fourth-order valence-electron chi connectivity index (χ4n) is 6.98. The van der Waals surface area contributed by atoms with Gasteiger partial charge in [-0.2, -0.15) is 0 Å². The third-order valence-corrected chi connectivity index (χ3v) is 10.2. The number of hydrogen-bond acceptors (Lipinski definition) is 6. The maximum atomic E-state index is 15.8. The Morgan fingerprint density at radius 1 is 1.09 bits per heavy atom. The van der Waals surface area contributed by atoms with E-state index in [9.17, 15) is 19.2 Å². The van der Waals surface area contributed by atoms with Crippen molar-refractivity contribution in [2.24, 2.45) is 11.3 Å². The Hall–Kier alpha value is -4.48. The third-order valence-electron chi connectivity index (χ3n) is 9.77. The van der Waals surface area contributed by atoms with Crippen LogP contribution in [0.15, 0.2) is 48.5 Å². The summed E-state index contributed by atoms with van der Waals surface area (Å²) >= 11 is 7.02. The SMILES string of the molecule is COc1cc(-c2cccc(-c3cccc(NC(=O)C4CN(C)C(=O)N(C)C4=O)c3C)c2Cl)cc(F)c1CN1CCC2(CCNC2=O)C1. The van der Waals surface area contributed by atoms with E-state index in [0.29, 0.717) is 64.9 Å². The van der Waals surface area contributed by atoms with Gasteiger partial charge in [-0.1, -0.05) is 41.9 Å². The molecule has 3 aromatic rings. The van der Waals surface area contributed by atoms with Gasteiger partial charge in [-0.25, -0.2) is 9.18 Å². The molecule has 10 nitrogen and oxygen atoms in total. The molecule has 2 atom stereocenters. The molecule has 3 fully saturated rings. The van der Waals surface area contributed by atoms with E-state index in [-0.39, 0.29) is 12.5 Å². The monoisotopic (exact) mass is 661 g/mol. The molecule has 0 bridgehead atoms. The summed E-state index contributed by atoms with van der Waals surface area (Å²) in [4.78, 5) is 54.9. The lowest BCUT2D eigenvalue weighted by atomic mass is 9.86. The Morgan fingerprint density at radius 2 is 1.81 bits per heavy atom. The number of carbonyl (C=O) groups excluding carboxylic acids is 4. The molecule has 3 heterocycles. The molecule has 0 saturated carbocycles. The van der Waals surface area contributed by atoms with Crippen molar-refractivity contribution < 1.29 is 28.3 Å². The number of imide groups is 1. The van der Waals surface area contributed by atoms with Crippen LogP contribution in [0, 0.1) is 24.1 Å². The van der Waals surface area contributed by atoms with Gasteiger partial charge in [0, 0.05) is 62.7 Å². The second-order valence-electron chi connectivity index (χ2n) is 12.6. The fraction of sp³-hybridized carbons (Fsp3) is 0.371. The van der Waals surface area contributed by atoms with Crippen LogP contribution in [0.5, 0.6) is 5.75 Å². The van der Waals surface area contributed by atoms with Gasteiger partial charge in [-0.3, -0.25) is 24.2 Å². The molecule has 1 spiro atoms. The highest BCUT2D eigenvalue weighted by atomic mass is 35.5. The van der Waals surface area contributed by atoms with Crippen molar-refractivity contribution >= 4 is 41.0 Å². The standard InChI is InChI=1S/C35H37ClFN5O5/c1-20-22(7-6-10-28(20)39-31(43)26-17-40(2)34(46)41(3)32(26)44)24-9-5-8-23(30(24)36)21-15-27(37)25(29(16-21)47-4)18-42-14-12-35(19-42)11-13-38-33(35)45/h5-10,15-16,26H,11-14,17-19H2,1-4H3,(H,38,45)(H,39,43). The molecule has 3 aromatic carbocycles. The zero-order valence-corrected chi connectivity index (χ0v) is 27.5. The second-order valence-corrected chi connectivity index (χ2v) is 13.0. The number of hydrogen-bond donors (Lipinski definition) is 2. The number of ether oxygens (including phenoxy) is 1. The van der Waals surface area contributed by atoms with Crippen molar-refractivity contribution in [1.82, 2.24) is 20.0 Å². The first-order chi connectivity index (χ1) is 22.4. The topological polar surface area (TPSA) is 111 Å². The molecule has 3 aliphatic heterocycles. The highest BCUT2D eigenvalue weighted by Gasteiger charge is 2.47. The number of nitrogens with zero attached hydrogens (tertiary/aromatic N) is 3. The van der Waals surface area contributed by atoms with Gasteiger partial charge in [0.15, 0.2) is 0 Å². The molecule has 0 aromatic heterocycles. The number of benzene rings is 3. The molecule has 47 heavy (non-hydrogen) atoms. The lowest BCUT2D eigenvalue weighted by Crippen LogP contribution is -2.56. The Bertz CT molecular complexity index is 1800.